The molecule has 0 aliphatic carbocycles. The van der Waals surface area contributed by atoms with Crippen LogP contribution in [0.3, 0.4) is 0 Å². The molecule has 0 heterocycles. The number of rotatable bonds is 12. The van der Waals surface area contributed by atoms with Crippen LogP contribution < -0.4 is 29.0 Å². The van der Waals surface area contributed by atoms with Gasteiger partial charge < -0.3 is 24.3 Å². The Labute approximate surface area is 205 Å². The highest BCUT2D eigenvalue weighted by atomic mass is 32.2. The second-order valence-corrected chi connectivity index (χ2v) is 8.97. The van der Waals surface area contributed by atoms with Gasteiger partial charge in [-0.15, -0.1) is 0 Å². The number of hydrogen-bond donors (Lipinski definition) is 2. The van der Waals surface area contributed by atoms with Crippen LogP contribution in [0.2, 0.25) is 0 Å². The quantitative estimate of drug-likeness (QED) is 0.391. The van der Waals surface area contributed by atoms with Crippen molar-refractivity contribution >= 4 is 21.6 Å². The number of anilines is 1. The third-order valence-corrected chi connectivity index (χ3v) is 6.26. The van der Waals surface area contributed by atoms with E-state index in [1.807, 2.05) is 13.0 Å². The summed E-state index contributed by atoms with van der Waals surface area (Å²) in [7, 11) is -0.686. The van der Waals surface area contributed by atoms with Crippen molar-refractivity contribution in [2.24, 2.45) is 0 Å². The molecule has 0 aromatic heterocycles. The summed E-state index contributed by atoms with van der Waals surface area (Å²) in [6.07, 6.45) is 0. The first-order valence-electron chi connectivity index (χ1n) is 10.8. The summed E-state index contributed by atoms with van der Waals surface area (Å²) >= 11 is 0. The predicted octanol–water partition coefficient (Wildman–Crippen LogP) is 3.60. The van der Waals surface area contributed by atoms with Gasteiger partial charge in [0.05, 0.1) is 25.7 Å². The highest BCUT2D eigenvalue weighted by Gasteiger charge is 2.15. The molecule has 35 heavy (non-hydrogen) atoms. The molecule has 10 heteroatoms. The zero-order valence-corrected chi connectivity index (χ0v) is 20.6. The Balaban J connectivity index is 1.51. The van der Waals surface area contributed by atoms with Gasteiger partial charge in [0, 0.05) is 12.2 Å². The van der Waals surface area contributed by atoms with Gasteiger partial charge in [-0.2, -0.15) is 0 Å². The number of amides is 1. The Morgan fingerprint density at radius 1 is 0.829 bits per heavy atom. The lowest BCUT2D eigenvalue weighted by atomic mass is 10.2. The monoisotopic (exact) mass is 500 g/mol. The minimum atomic E-state index is -3.78. The van der Waals surface area contributed by atoms with Crippen LogP contribution in [0.4, 0.5) is 5.69 Å². The molecule has 0 radical (unpaired) electrons. The average Bonchev–Trinajstić information content (AvgIpc) is 2.87. The molecule has 0 saturated carbocycles. The summed E-state index contributed by atoms with van der Waals surface area (Å²) in [5.41, 5.74) is 1.26. The van der Waals surface area contributed by atoms with Gasteiger partial charge in [0.25, 0.3) is 15.9 Å². The van der Waals surface area contributed by atoms with Crippen molar-refractivity contribution in [2.45, 2.75) is 18.4 Å². The number of sulfonamides is 1. The first-order valence-corrected chi connectivity index (χ1v) is 12.3. The Kier molecular flexibility index (Phi) is 8.80. The molecule has 3 aromatic carbocycles. The van der Waals surface area contributed by atoms with Crippen molar-refractivity contribution < 1.29 is 32.2 Å². The van der Waals surface area contributed by atoms with Crippen molar-refractivity contribution in [3.8, 4) is 23.0 Å². The van der Waals surface area contributed by atoms with Crippen LogP contribution >= 0.6 is 0 Å². The molecular weight excluding hydrogens is 472 g/mol. The van der Waals surface area contributed by atoms with E-state index in [0.717, 1.165) is 5.56 Å². The molecule has 0 fully saturated rings. The lowest BCUT2D eigenvalue weighted by Gasteiger charge is -2.11. The zero-order chi connectivity index (χ0) is 25.3. The summed E-state index contributed by atoms with van der Waals surface area (Å²) in [5, 5.41) is 2.76. The Morgan fingerprint density at radius 3 is 2.09 bits per heavy atom. The van der Waals surface area contributed by atoms with Crippen molar-refractivity contribution in [2.75, 3.05) is 32.2 Å². The maximum absolute atomic E-state index is 12.6. The number of hydrogen-bond acceptors (Lipinski definition) is 7. The van der Waals surface area contributed by atoms with Crippen molar-refractivity contribution in [1.82, 2.24) is 5.32 Å². The summed E-state index contributed by atoms with van der Waals surface area (Å²) in [5.74, 6) is 1.87. The fraction of sp³-hybridized carbons (Fsp3) is 0.240. The molecule has 0 unspecified atom stereocenters. The number of carbonyl (C=O) groups is 1. The summed E-state index contributed by atoms with van der Waals surface area (Å²) in [6.45, 7) is 2.47. The molecule has 3 rings (SSSR count). The van der Waals surface area contributed by atoms with Crippen molar-refractivity contribution in [3.63, 3.8) is 0 Å². The van der Waals surface area contributed by atoms with Crippen LogP contribution in [-0.4, -0.2) is 41.8 Å². The SMILES string of the molecule is CCOc1ccc(NS(=O)(=O)c2ccc(OCC(=O)NCc3ccc(OC)c(OC)c3)cc2)cc1. The first-order chi connectivity index (χ1) is 16.8. The van der Waals surface area contributed by atoms with E-state index >= 15 is 0 Å². The number of methoxy groups -OCH3 is 2. The average molecular weight is 501 g/mol. The normalized spacial score (nSPS) is 10.8. The van der Waals surface area contributed by atoms with Crippen LogP contribution in [-0.2, 0) is 21.4 Å². The lowest BCUT2D eigenvalue weighted by molar-refractivity contribution is -0.123. The van der Waals surface area contributed by atoms with Gasteiger partial charge in [-0.05, 0) is 73.2 Å². The van der Waals surface area contributed by atoms with E-state index in [0.29, 0.717) is 35.3 Å². The molecule has 3 aromatic rings. The largest absolute Gasteiger partial charge is 0.494 e. The highest BCUT2D eigenvalue weighted by Crippen LogP contribution is 2.27. The number of benzene rings is 3. The first kappa shape index (κ1) is 25.7. The molecule has 186 valence electrons. The molecule has 0 bridgehead atoms. The van der Waals surface area contributed by atoms with Gasteiger partial charge >= 0.3 is 0 Å². The van der Waals surface area contributed by atoms with Crippen LogP contribution in [0.25, 0.3) is 0 Å². The molecule has 0 atom stereocenters. The molecule has 0 saturated heterocycles. The predicted molar refractivity (Wildman–Crippen MR) is 132 cm³/mol. The number of nitrogens with one attached hydrogen (secondary N) is 2. The van der Waals surface area contributed by atoms with Gasteiger partial charge in [0.2, 0.25) is 0 Å². The summed E-state index contributed by atoms with van der Waals surface area (Å²) in [6, 6.07) is 17.8. The fourth-order valence-corrected chi connectivity index (χ4v) is 4.16. The standard InChI is InChI=1S/C25H28N2O7S/c1-4-33-20-8-6-19(7-9-20)27-35(29,30)22-12-10-21(11-13-22)34-17-25(28)26-16-18-5-14-23(31-2)24(15-18)32-3/h5-15,27H,4,16-17H2,1-3H3,(H,26,28). The minimum absolute atomic E-state index is 0.0663. The fourth-order valence-electron chi connectivity index (χ4n) is 3.11. The number of ether oxygens (including phenoxy) is 4. The molecule has 0 aliphatic heterocycles. The van der Waals surface area contributed by atoms with Crippen LogP contribution in [0.15, 0.2) is 71.6 Å². The Hall–Kier alpha value is -3.92. The smallest absolute Gasteiger partial charge is 0.261 e. The second kappa shape index (κ2) is 12.0. The topological polar surface area (TPSA) is 112 Å². The highest BCUT2D eigenvalue weighted by molar-refractivity contribution is 7.92. The zero-order valence-electron chi connectivity index (χ0n) is 19.7. The van der Waals surface area contributed by atoms with Crippen molar-refractivity contribution in [3.05, 3.63) is 72.3 Å². The third-order valence-electron chi connectivity index (χ3n) is 4.86. The third kappa shape index (κ3) is 7.28. The molecule has 0 spiro atoms. The van der Waals surface area contributed by atoms with E-state index in [2.05, 4.69) is 10.0 Å². The Morgan fingerprint density at radius 2 is 1.46 bits per heavy atom. The van der Waals surface area contributed by atoms with Gasteiger partial charge in [-0.3, -0.25) is 9.52 Å². The van der Waals surface area contributed by atoms with Crippen molar-refractivity contribution in [1.29, 1.82) is 0 Å². The molecule has 2 N–H and O–H groups in total. The van der Waals surface area contributed by atoms with E-state index < -0.39 is 10.0 Å². The lowest BCUT2D eigenvalue weighted by Crippen LogP contribution is -2.28. The van der Waals surface area contributed by atoms with Gasteiger partial charge in [0.15, 0.2) is 18.1 Å². The van der Waals surface area contributed by atoms with Crippen LogP contribution in [0.5, 0.6) is 23.0 Å². The van der Waals surface area contributed by atoms with E-state index in [1.165, 1.54) is 24.3 Å². The van der Waals surface area contributed by atoms with E-state index in [9.17, 15) is 13.2 Å². The van der Waals surface area contributed by atoms with Crippen LogP contribution in [0, 0.1) is 0 Å². The molecule has 0 aliphatic rings. The Bertz CT molecular complexity index is 1230. The maximum Gasteiger partial charge on any atom is 0.261 e. The molecule has 9 nitrogen and oxygen atoms in total. The summed E-state index contributed by atoms with van der Waals surface area (Å²) in [4.78, 5) is 12.2. The maximum atomic E-state index is 12.6. The van der Waals surface area contributed by atoms with Crippen LogP contribution in [0.1, 0.15) is 12.5 Å². The number of carbonyl (C=O) groups excluding carboxylic acids is 1. The minimum Gasteiger partial charge on any atom is -0.494 e. The molecular formula is C25H28N2O7S. The van der Waals surface area contributed by atoms with Gasteiger partial charge in [-0.1, -0.05) is 6.07 Å². The van der Waals surface area contributed by atoms with E-state index in [4.69, 9.17) is 18.9 Å². The van der Waals surface area contributed by atoms with E-state index in [-0.39, 0.29) is 24.0 Å². The molecule has 1 amide bonds. The van der Waals surface area contributed by atoms with Gasteiger partial charge in [0.1, 0.15) is 11.5 Å². The summed E-state index contributed by atoms with van der Waals surface area (Å²) < 4.78 is 49.1. The van der Waals surface area contributed by atoms with E-state index in [1.54, 1.807) is 50.6 Å². The second-order valence-electron chi connectivity index (χ2n) is 7.29. The van der Waals surface area contributed by atoms with Gasteiger partial charge in [-0.25, -0.2) is 8.42 Å².